The fourth-order valence-corrected chi connectivity index (χ4v) is 1.51. The first-order chi connectivity index (χ1) is 5.88. The topological polar surface area (TPSA) is 46.2 Å². The van der Waals surface area contributed by atoms with Crippen molar-refractivity contribution in [3.63, 3.8) is 0 Å². The first-order valence-electron chi connectivity index (χ1n) is 3.31. The first kappa shape index (κ1) is 10.3. The highest BCUT2D eigenvalue weighted by atomic mass is 35.5. The summed E-state index contributed by atoms with van der Waals surface area (Å²) in [4.78, 5) is 0. The summed E-state index contributed by atoms with van der Waals surface area (Å²) in [6, 6.07) is 3.59. The Hall–Kier alpha value is -0.810. The molecular formula is C7H7ClFNO2S. The molecule has 6 heteroatoms. The van der Waals surface area contributed by atoms with E-state index >= 15 is 0 Å². The van der Waals surface area contributed by atoms with Crippen molar-refractivity contribution in [2.45, 2.75) is 0 Å². The van der Waals surface area contributed by atoms with Gasteiger partial charge in [0, 0.05) is 0 Å². The highest BCUT2D eigenvalue weighted by Gasteiger charge is 2.04. The number of nitrogens with one attached hydrogen (secondary N) is 1. The lowest BCUT2D eigenvalue weighted by atomic mass is 10.3. The number of sulfonamides is 1. The molecule has 1 aromatic carbocycles. The average molecular weight is 224 g/mol. The van der Waals surface area contributed by atoms with Crippen LogP contribution in [0.4, 0.5) is 10.1 Å². The van der Waals surface area contributed by atoms with E-state index in [1.54, 1.807) is 0 Å². The molecule has 0 saturated heterocycles. The molecule has 0 aromatic heterocycles. The lowest BCUT2D eigenvalue weighted by Gasteiger charge is -2.03. The molecule has 0 atom stereocenters. The summed E-state index contributed by atoms with van der Waals surface area (Å²) in [5.41, 5.74) is 0.244. The number of rotatable bonds is 2. The molecule has 0 fully saturated rings. The fraction of sp³-hybridized carbons (Fsp3) is 0.143. The summed E-state index contributed by atoms with van der Waals surface area (Å²) in [5, 5.41) is -0.117. The lowest BCUT2D eigenvalue weighted by molar-refractivity contribution is 0.606. The van der Waals surface area contributed by atoms with Gasteiger partial charge in [0.05, 0.1) is 17.0 Å². The molecule has 0 saturated carbocycles. The van der Waals surface area contributed by atoms with Gasteiger partial charge in [-0.05, 0) is 18.2 Å². The minimum Gasteiger partial charge on any atom is -0.284 e. The molecule has 1 aromatic rings. The fourth-order valence-electron chi connectivity index (χ4n) is 0.774. The molecule has 1 rings (SSSR count). The standard InChI is InChI=1S/C7H7ClFNO2S/c1-13(11,12)10-5-2-3-7(9)6(8)4-5/h2-4,10H,1H3. The smallest absolute Gasteiger partial charge is 0.229 e. The summed E-state index contributed by atoms with van der Waals surface area (Å²) in [6.45, 7) is 0. The number of halogens is 2. The predicted octanol–water partition coefficient (Wildman–Crippen LogP) is 1.85. The van der Waals surface area contributed by atoms with Gasteiger partial charge >= 0.3 is 0 Å². The van der Waals surface area contributed by atoms with Gasteiger partial charge in [0.15, 0.2) is 0 Å². The second kappa shape index (κ2) is 3.51. The van der Waals surface area contributed by atoms with Gasteiger partial charge in [0.2, 0.25) is 10.0 Å². The summed E-state index contributed by atoms with van der Waals surface area (Å²) in [7, 11) is -3.34. The van der Waals surface area contributed by atoms with Crippen LogP contribution in [0.15, 0.2) is 18.2 Å². The third kappa shape index (κ3) is 3.20. The number of benzene rings is 1. The Kier molecular flexibility index (Phi) is 2.77. The zero-order chi connectivity index (χ0) is 10.1. The molecule has 13 heavy (non-hydrogen) atoms. The molecule has 0 radical (unpaired) electrons. The predicted molar refractivity (Wildman–Crippen MR) is 49.9 cm³/mol. The Labute approximate surface area is 80.6 Å². The first-order valence-corrected chi connectivity index (χ1v) is 5.58. The van der Waals surface area contributed by atoms with Crippen molar-refractivity contribution in [3.05, 3.63) is 29.0 Å². The van der Waals surface area contributed by atoms with Crippen LogP contribution in [0.1, 0.15) is 0 Å². The molecule has 3 nitrogen and oxygen atoms in total. The maximum atomic E-state index is 12.6. The monoisotopic (exact) mass is 223 g/mol. The van der Waals surface area contributed by atoms with Crippen LogP contribution in [0.5, 0.6) is 0 Å². The molecule has 0 aliphatic heterocycles. The Balaban J connectivity index is 2.99. The minimum absolute atomic E-state index is 0.117. The Morgan fingerprint density at radius 2 is 2.08 bits per heavy atom. The molecule has 1 N–H and O–H groups in total. The van der Waals surface area contributed by atoms with Crippen LogP contribution in [0, 0.1) is 5.82 Å². The van der Waals surface area contributed by atoms with Crippen LogP contribution in [0.3, 0.4) is 0 Å². The van der Waals surface area contributed by atoms with Gasteiger partial charge in [0.1, 0.15) is 5.82 Å². The van der Waals surface area contributed by atoms with Crippen LogP contribution in [-0.2, 0) is 10.0 Å². The zero-order valence-electron chi connectivity index (χ0n) is 6.71. The maximum Gasteiger partial charge on any atom is 0.229 e. The Bertz CT molecular complexity index is 419. The van der Waals surface area contributed by atoms with E-state index in [2.05, 4.69) is 4.72 Å². The van der Waals surface area contributed by atoms with Crippen molar-refractivity contribution < 1.29 is 12.8 Å². The molecule has 0 unspecified atom stereocenters. The Morgan fingerprint density at radius 1 is 1.46 bits per heavy atom. The van der Waals surface area contributed by atoms with E-state index in [0.29, 0.717) is 0 Å². The molecular weight excluding hydrogens is 217 g/mol. The second-order valence-corrected chi connectivity index (χ2v) is 4.66. The Morgan fingerprint density at radius 3 is 2.54 bits per heavy atom. The minimum atomic E-state index is -3.34. The van der Waals surface area contributed by atoms with Crippen LogP contribution in [0.2, 0.25) is 5.02 Å². The third-order valence-electron chi connectivity index (χ3n) is 1.22. The molecule has 0 amide bonds. The molecule has 0 aliphatic rings. The van der Waals surface area contributed by atoms with Crippen molar-refractivity contribution in [3.8, 4) is 0 Å². The van der Waals surface area contributed by atoms with Crippen molar-refractivity contribution >= 4 is 27.3 Å². The summed E-state index contributed by atoms with van der Waals surface area (Å²) < 4.78 is 36.3. The number of hydrogen-bond acceptors (Lipinski definition) is 2. The zero-order valence-corrected chi connectivity index (χ0v) is 8.29. The van der Waals surface area contributed by atoms with E-state index in [4.69, 9.17) is 11.6 Å². The van der Waals surface area contributed by atoms with E-state index in [0.717, 1.165) is 12.3 Å². The van der Waals surface area contributed by atoms with Crippen LogP contribution < -0.4 is 4.72 Å². The van der Waals surface area contributed by atoms with Gasteiger partial charge in [0.25, 0.3) is 0 Å². The normalized spacial score (nSPS) is 11.3. The maximum absolute atomic E-state index is 12.6. The van der Waals surface area contributed by atoms with Crippen LogP contribution in [0.25, 0.3) is 0 Å². The van der Waals surface area contributed by atoms with Crippen molar-refractivity contribution in [1.29, 1.82) is 0 Å². The molecule has 0 bridgehead atoms. The van der Waals surface area contributed by atoms with Crippen molar-refractivity contribution in [1.82, 2.24) is 0 Å². The highest BCUT2D eigenvalue weighted by Crippen LogP contribution is 2.19. The third-order valence-corrected chi connectivity index (χ3v) is 2.12. The van der Waals surface area contributed by atoms with Gasteiger partial charge in [-0.2, -0.15) is 0 Å². The van der Waals surface area contributed by atoms with Crippen LogP contribution in [-0.4, -0.2) is 14.7 Å². The van der Waals surface area contributed by atoms with Gasteiger partial charge in [-0.1, -0.05) is 11.6 Å². The molecule has 0 heterocycles. The lowest BCUT2D eigenvalue weighted by Crippen LogP contribution is -2.09. The average Bonchev–Trinajstić information content (AvgIpc) is 1.94. The largest absolute Gasteiger partial charge is 0.284 e. The van der Waals surface area contributed by atoms with Gasteiger partial charge in [-0.3, -0.25) is 4.72 Å². The van der Waals surface area contributed by atoms with Gasteiger partial charge in [-0.25, -0.2) is 12.8 Å². The summed E-state index contributed by atoms with van der Waals surface area (Å²) >= 11 is 5.43. The summed E-state index contributed by atoms with van der Waals surface area (Å²) in [5.74, 6) is -0.583. The van der Waals surface area contributed by atoms with Crippen molar-refractivity contribution in [2.24, 2.45) is 0 Å². The van der Waals surface area contributed by atoms with Crippen LogP contribution >= 0.6 is 11.6 Å². The molecule has 72 valence electrons. The second-order valence-electron chi connectivity index (χ2n) is 2.50. The van der Waals surface area contributed by atoms with E-state index in [1.807, 2.05) is 0 Å². The van der Waals surface area contributed by atoms with Gasteiger partial charge in [-0.15, -0.1) is 0 Å². The van der Waals surface area contributed by atoms with E-state index < -0.39 is 15.8 Å². The number of anilines is 1. The van der Waals surface area contributed by atoms with Gasteiger partial charge < -0.3 is 0 Å². The molecule has 0 aliphatic carbocycles. The summed E-state index contributed by atoms with van der Waals surface area (Å²) in [6.07, 6.45) is 1.00. The van der Waals surface area contributed by atoms with E-state index in [9.17, 15) is 12.8 Å². The quantitative estimate of drug-likeness (QED) is 0.832. The van der Waals surface area contributed by atoms with E-state index in [-0.39, 0.29) is 10.7 Å². The SMILES string of the molecule is CS(=O)(=O)Nc1ccc(F)c(Cl)c1. The highest BCUT2D eigenvalue weighted by molar-refractivity contribution is 7.92. The number of hydrogen-bond donors (Lipinski definition) is 1. The van der Waals surface area contributed by atoms with Crippen molar-refractivity contribution in [2.75, 3.05) is 11.0 Å². The molecule has 0 spiro atoms. The van der Waals surface area contributed by atoms with E-state index in [1.165, 1.54) is 12.1 Å².